The number of aryl methyl sites for hydroxylation is 1. The van der Waals surface area contributed by atoms with Gasteiger partial charge in [0.1, 0.15) is 0 Å². The van der Waals surface area contributed by atoms with Crippen molar-refractivity contribution in [3.05, 3.63) is 38.9 Å². The first kappa shape index (κ1) is 12.6. The smallest absolute Gasteiger partial charge is 0.345 e. The fourth-order valence-electron chi connectivity index (χ4n) is 1.42. The highest BCUT2D eigenvalue weighted by atomic mass is 16.6. The molecule has 0 unspecified atom stereocenters. The zero-order chi connectivity index (χ0) is 13.2. The number of methoxy groups -OCH3 is 1. The van der Waals surface area contributed by atoms with E-state index in [2.05, 4.69) is 4.74 Å². The quantitative estimate of drug-likeness (QED) is 0.485. The Morgan fingerprint density at radius 1 is 1.41 bits per heavy atom. The maximum Gasteiger partial charge on any atom is 0.345 e. The fraction of sp³-hybridized carbons (Fsp3) is 0.200. The van der Waals surface area contributed by atoms with Gasteiger partial charge in [-0.25, -0.2) is 9.59 Å². The number of aromatic carboxylic acids is 1. The van der Waals surface area contributed by atoms with Crippen molar-refractivity contribution in [3.8, 4) is 0 Å². The van der Waals surface area contributed by atoms with E-state index in [9.17, 15) is 19.7 Å². The minimum atomic E-state index is -1.42. The Bertz CT molecular complexity index is 508. The monoisotopic (exact) mass is 239 g/mol. The van der Waals surface area contributed by atoms with Crippen LogP contribution in [0.25, 0.3) is 0 Å². The van der Waals surface area contributed by atoms with Crippen molar-refractivity contribution in [2.24, 2.45) is 0 Å². The van der Waals surface area contributed by atoms with E-state index in [0.717, 1.165) is 13.2 Å². The normalized spacial score (nSPS) is 9.76. The molecule has 0 aliphatic rings. The van der Waals surface area contributed by atoms with Crippen molar-refractivity contribution in [1.82, 2.24) is 0 Å². The summed E-state index contributed by atoms with van der Waals surface area (Å²) in [4.78, 5) is 32.4. The lowest BCUT2D eigenvalue weighted by Gasteiger charge is -2.06. The first-order valence-electron chi connectivity index (χ1n) is 4.49. The van der Waals surface area contributed by atoms with Gasteiger partial charge in [0, 0.05) is 5.56 Å². The highest BCUT2D eigenvalue weighted by Gasteiger charge is 2.29. The third kappa shape index (κ3) is 2.22. The van der Waals surface area contributed by atoms with Crippen LogP contribution < -0.4 is 0 Å². The van der Waals surface area contributed by atoms with Crippen LogP contribution in [0.3, 0.4) is 0 Å². The Morgan fingerprint density at radius 2 is 2.00 bits per heavy atom. The van der Waals surface area contributed by atoms with Crippen LogP contribution in [0.15, 0.2) is 12.1 Å². The Hall–Kier alpha value is -2.44. The van der Waals surface area contributed by atoms with E-state index >= 15 is 0 Å². The minimum absolute atomic E-state index is 0.195. The molecule has 0 aliphatic carbocycles. The molecule has 1 aromatic rings. The van der Waals surface area contributed by atoms with Gasteiger partial charge in [-0.2, -0.15) is 0 Å². The molecule has 0 atom stereocenters. The molecule has 7 nitrogen and oxygen atoms in total. The van der Waals surface area contributed by atoms with E-state index in [0.29, 0.717) is 0 Å². The summed E-state index contributed by atoms with van der Waals surface area (Å²) in [6.45, 7) is 1.41. The molecule has 0 fully saturated rings. The van der Waals surface area contributed by atoms with Crippen LogP contribution >= 0.6 is 0 Å². The summed E-state index contributed by atoms with van der Waals surface area (Å²) in [6, 6.07) is 2.41. The number of carbonyl (C=O) groups is 2. The van der Waals surface area contributed by atoms with Crippen LogP contribution in [0, 0.1) is 17.0 Å². The molecular formula is C10H9NO6. The van der Waals surface area contributed by atoms with Crippen molar-refractivity contribution in [2.45, 2.75) is 6.92 Å². The average Bonchev–Trinajstić information content (AvgIpc) is 2.26. The Morgan fingerprint density at radius 3 is 2.41 bits per heavy atom. The second-order valence-corrected chi connectivity index (χ2v) is 3.21. The molecular weight excluding hydrogens is 230 g/mol. The van der Waals surface area contributed by atoms with Crippen LogP contribution in [0.5, 0.6) is 0 Å². The molecule has 7 heteroatoms. The Kier molecular flexibility index (Phi) is 3.42. The second-order valence-electron chi connectivity index (χ2n) is 3.21. The zero-order valence-electron chi connectivity index (χ0n) is 9.09. The summed E-state index contributed by atoms with van der Waals surface area (Å²) in [5.74, 6) is -2.47. The van der Waals surface area contributed by atoms with Crippen LogP contribution in [-0.2, 0) is 4.74 Å². The summed E-state index contributed by atoms with van der Waals surface area (Å²) in [6.07, 6.45) is 0. The number of carboxylic acid groups (broad SMARTS) is 1. The van der Waals surface area contributed by atoms with Gasteiger partial charge in [-0.15, -0.1) is 0 Å². The van der Waals surface area contributed by atoms with E-state index in [1.807, 2.05) is 0 Å². The predicted octanol–water partition coefficient (Wildman–Crippen LogP) is 1.39. The molecule has 0 saturated heterocycles. The SMILES string of the molecule is COC(=O)c1c(C(=O)O)ccc(C)c1[N+](=O)[O-]. The standard InChI is InChI=1S/C10H9NO6/c1-5-3-4-6(9(12)13)7(10(14)17-2)8(5)11(15)16/h3-4H,1-2H3,(H,12,13). The number of carbonyl (C=O) groups excluding carboxylic acids is 1. The minimum Gasteiger partial charge on any atom is -0.478 e. The fourth-order valence-corrected chi connectivity index (χ4v) is 1.42. The molecule has 1 N–H and O–H groups in total. The van der Waals surface area contributed by atoms with Crippen molar-refractivity contribution in [1.29, 1.82) is 0 Å². The lowest BCUT2D eigenvalue weighted by atomic mass is 10.0. The van der Waals surface area contributed by atoms with Gasteiger partial charge in [-0.3, -0.25) is 10.1 Å². The summed E-state index contributed by atoms with van der Waals surface area (Å²) >= 11 is 0. The van der Waals surface area contributed by atoms with Crippen LogP contribution in [0.4, 0.5) is 5.69 Å². The third-order valence-corrected chi connectivity index (χ3v) is 2.18. The zero-order valence-corrected chi connectivity index (χ0v) is 9.09. The lowest BCUT2D eigenvalue weighted by Crippen LogP contribution is -2.14. The van der Waals surface area contributed by atoms with Gasteiger partial charge in [-0.05, 0) is 13.0 Å². The van der Waals surface area contributed by atoms with Gasteiger partial charge in [0.15, 0.2) is 5.56 Å². The average molecular weight is 239 g/mol. The molecule has 1 rings (SSSR count). The molecule has 0 bridgehead atoms. The molecule has 17 heavy (non-hydrogen) atoms. The van der Waals surface area contributed by atoms with Crippen molar-refractivity contribution < 1.29 is 24.4 Å². The predicted molar refractivity (Wildman–Crippen MR) is 56.1 cm³/mol. The number of esters is 1. The molecule has 0 heterocycles. The van der Waals surface area contributed by atoms with Gasteiger partial charge in [0.05, 0.1) is 17.6 Å². The number of nitrogens with zero attached hydrogens (tertiary/aromatic N) is 1. The molecule has 1 aromatic carbocycles. The topological polar surface area (TPSA) is 107 Å². The van der Waals surface area contributed by atoms with Crippen molar-refractivity contribution >= 4 is 17.6 Å². The van der Waals surface area contributed by atoms with E-state index < -0.39 is 33.7 Å². The number of ether oxygens (including phenoxy) is 1. The van der Waals surface area contributed by atoms with Gasteiger partial charge >= 0.3 is 11.9 Å². The van der Waals surface area contributed by atoms with Crippen LogP contribution in [-0.4, -0.2) is 29.1 Å². The van der Waals surface area contributed by atoms with Crippen LogP contribution in [0.1, 0.15) is 26.3 Å². The van der Waals surface area contributed by atoms with Crippen molar-refractivity contribution in [2.75, 3.05) is 7.11 Å². The molecule has 0 aliphatic heterocycles. The molecule has 90 valence electrons. The maximum absolute atomic E-state index is 11.4. The number of nitro benzene ring substituents is 1. The summed E-state index contributed by atoms with van der Waals surface area (Å²) in [5.41, 5.74) is -1.34. The van der Waals surface area contributed by atoms with Gasteiger partial charge < -0.3 is 9.84 Å². The summed E-state index contributed by atoms with van der Waals surface area (Å²) in [5, 5.41) is 19.7. The van der Waals surface area contributed by atoms with E-state index in [-0.39, 0.29) is 5.56 Å². The third-order valence-electron chi connectivity index (χ3n) is 2.18. The molecule has 0 amide bonds. The number of hydrogen-bond acceptors (Lipinski definition) is 5. The Labute approximate surface area is 95.8 Å². The Balaban J connectivity index is 3.67. The first-order chi connectivity index (χ1) is 7.90. The molecule has 0 saturated carbocycles. The van der Waals surface area contributed by atoms with Crippen LogP contribution in [0.2, 0.25) is 0 Å². The second kappa shape index (κ2) is 4.60. The van der Waals surface area contributed by atoms with Crippen molar-refractivity contribution in [3.63, 3.8) is 0 Å². The van der Waals surface area contributed by atoms with E-state index in [1.165, 1.54) is 13.0 Å². The van der Waals surface area contributed by atoms with E-state index in [4.69, 9.17) is 5.11 Å². The van der Waals surface area contributed by atoms with Gasteiger partial charge in [0.25, 0.3) is 5.69 Å². The summed E-state index contributed by atoms with van der Waals surface area (Å²) < 4.78 is 4.37. The summed E-state index contributed by atoms with van der Waals surface area (Å²) in [7, 11) is 1.03. The number of nitro groups is 1. The first-order valence-corrected chi connectivity index (χ1v) is 4.49. The van der Waals surface area contributed by atoms with E-state index in [1.54, 1.807) is 0 Å². The lowest BCUT2D eigenvalue weighted by molar-refractivity contribution is -0.385. The van der Waals surface area contributed by atoms with Gasteiger partial charge in [-0.1, -0.05) is 6.07 Å². The molecule has 0 aromatic heterocycles. The highest BCUT2D eigenvalue weighted by molar-refractivity contribution is 6.05. The number of carboxylic acids is 1. The number of rotatable bonds is 3. The van der Waals surface area contributed by atoms with Gasteiger partial charge in [0.2, 0.25) is 0 Å². The maximum atomic E-state index is 11.4. The number of hydrogen-bond donors (Lipinski definition) is 1. The highest BCUT2D eigenvalue weighted by Crippen LogP contribution is 2.27. The molecule has 0 spiro atoms. The molecule has 0 radical (unpaired) electrons. The largest absolute Gasteiger partial charge is 0.478 e. The number of benzene rings is 1.